The van der Waals surface area contributed by atoms with E-state index in [-0.39, 0.29) is 0 Å². The van der Waals surface area contributed by atoms with Crippen molar-refractivity contribution < 1.29 is 9.84 Å². The van der Waals surface area contributed by atoms with Crippen molar-refractivity contribution >= 4 is 0 Å². The molecule has 2 heterocycles. The molecule has 1 aromatic heterocycles. The van der Waals surface area contributed by atoms with Crippen LogP contribution >= 0.6 is 0 Å². The van der Waals surface area contributed by atoms with Crippen molar-refractivity contribution in [3.8, 4) is 5.75 Å². The number of fused-ring (bicyclic) bond motifs is 1. The molecule has 4 rings (SSSR count). The highest BCUT2D eigenvalue weighted by Gasteiger charge is 2.18. The molecular formula is C22H22N2O2. The van der Waals surface area contributed by atoms with Crippen molar-refractivity contribution in [3.63, 3.8) is 0 Å². The molecule has 4 nitrogen and oxygen atoms in total. The fourth-order valence-electron chi connectivity index (χ4n) is 3.35. The Morgan fingerprint density at radius 1 is 1.00 bits per heavy atom. The molecule has 26 heavy (non-hydrogen) atoms. The molecule has 0 saturated heterocycles. The summed E-state index contributed by atoms with van der Waals surface area (Å²) in [6.07, 6.45) is 2.74. The molecule has 3 aromatic rings. The van der Waals surface area contributed by atoms with Crippen molar-refractivity contribution in [2.24, 2.45) is 0 Å². The van der Waals surface area contributed by atoms with E-state index in [1.807, 2.05) is 30.3 Å². The van der Waals surface area contributed by atoms with E-state index in [1.54, 1.807) is 12.4 Å². The van der Waals surface area contributed by atoms with Gasteiger partial charge in [0.05, 0.1) is 0 Å². The zero-order chi connectivity index (χ0) is 17.8. The second-order valence-electron chi connectivity index (χ2n) is 6.59. The van der Waals surface area contributed by atoms with E-state index in [9.17, 15) is 5.11 Å². The Kier molecular flexibility index (Phi) is 4.95. The molecule has 0 bridgehead atoms. The minimum Gasteiger partial charge on any atom is -0.492 e. The number of hydrogen-bond donors (Lipinski definition) is 1. The lowest BCUT2D eigenvalue weighted by molar-refractivity contribution is 0.218. The lowest BCUT2D eigenvalue weighted by atomic mass is 10.00. The van der Waals surface area contributed by atoms with E-state index >= 15 is 0 Å². The van der Waals surface area contributed by atoms with Gasteiger partial charge in [0.15, 0.2) is 0 Å². The maximum Gasteiger partial charge on any atom is 0.123 e. The van der Waals surface area contributed by atoms with Gasteiger partial charge >= 0.3 is 0 Å². The van der Waals surface area contributed by atoms with Gasteiger partial charge in [-0.2, -0.15) is 0 Å². The summed E-state index contributed by atoms with van der Waals surface area (Å²) in [5.41, 5.74) is 4.13. The zero-order valence-corrected chi connectivity index (χ0v) is 14.6. The van der Waals surface area contributed by atoms with Crippen molar-refractivity contribution in [3.05, 3.63) is 95.3 Å². The number of aromatic nitrogens is 1. The van der Waals surface area contributed by atoms with Gasteiger partial charge in [-0.25, -0.2) is 0 Å². The van der Waals surface area contributed by atoms with Crippen LogP contribution in [0.25, 0.3) is 0 Å². The zero-order valence-electron chi connectivity index (χ0n) is 14.6. The van der Waals surface area contributed by atoms with Gasteiger partial charge < -0.3 is 9.84 Å². The summed E-state index contributed by atoms with van der Waals surface area (Å²) in [5.74, 6) is 0.909. The Morgan fingerprint density at radius 3 is 2.62 bits per heavy atom. The smallest absolute Gasteiger partial charge is 0.123 e. The maximum absolute atomic E-state index is 10.7. The molecule has 1 aliphatic heterocycles. The fraction of sp³-hybridized carbons (Fsp3) is 0.227. The van der Waals surface area contributed by atoms with Crippen LogP contribution in [-0.4, -0.2) is 28.1 Å². The minimum atomic E-state index is -0.658. The molecule has 0 spiro atoms. The monoisotopic (exact) mass is 346 g/mol. The molecule has 1 N–H and O–H groups in total. The predicted octanol–water partition coefficient (Wildman–Crippen LogP) is 3.56. The summed E-state index contributed by atoms with van der Waals surface area (Å²) < 4.78 is 5.92. The van der Waals surface area contributed by atoms with E-state index in [4.69, 9.17) is 4.74 Å². The second kappa shape index (κ2) is 7.68. The highest BCUT2D eigenvalue weighted by atomic mass is 16.5. The molecular weight excluding hydrogens is 324 g/mol. The number of aliphatic hydroxyl groups is 1. The van der Waals surface area contributed by atoms with Gasteiger partial charge in [-0.1, -0.05) is 36.4 Å². The molecule has 0 saturated carbocycles. The van der Waals surface area contributed by atoms with Crippen LogP contribution in [0.1, 0.15) is 28.4 Å². The van der Waals surface area contributed by atoms with Crippen molar-refractivity contribution in [1.29, 1.82) is 0 Å². The Labute approximate surface area is 153 Å². The highest BCUT2D eigenvalue weighted by Crippen LogP contribution is 2.29. The average Bonchev–Trinajstić information content (AvgIpc) is 2.90. The maximum atomic E-state index is 10.7. The van der Waals surface area contributed by atoms with Gasteiger partial charge in [0, 0.05) is 37.6 Å². The molecule has 4 heteroatoms. The van der Waals surface area contributed by atoms with Crippen LogP contribution in [-0.2, 0) is 13.1 Å². The molecule has 0 fully saturated rings. The third-order valence-corrected chi connectivity index (χ3v) is 4.73. The summed E-state index contributed by atoms with van der Waals surface area (Å²) in [6, 6.07) is 20.1. The van der Waals surface area contributed by atoms with Gasteiger partial charge in [-0.05, 0) is 41.0 Å². The normalized spacial score (nSPS) is 15.6. The van der Waals surface area contributed by atoms with Crippen LogP contribution in [0.3, 0.4) is 0 Å². The van der Waals surface area contributed by atoms with Crippen LogP contribution in [0.15, 0.2) is 73.1 Å². The van der Waals surface area contributed by atoms with Crippen LogP contribution < -0.4 is 4.74 Å². The van der Waals surface area contributed by atoms with Gasteiger partial charge in [0.1, 0.15) is 18.5 Å². The number of nitrogens with zero attached hydrogens (tertiary/aromatic N) is 2. The Morgan fingerprint density at radius 2 is 1.81 bits per heavy atom. The molecule has 1 atom stereocenters. The summed E-state index contributed by atoms with van der Waals surface area (Å²) in [7, 11) is 0. The van der Waals surface area contributed by atoms with E-state index in [1.165, 1.54) is 5.56 Å². The number of aliphatic hydroxyl groups excluding tert-OH is 1. The van der Waals surface area contributed by atoms with Crippen molar-refractivity contribution in [2.45, 2.75) is 19.2 Å². The third-order valence-electron chi connectivity index (χ3n) is 4.73. The third kappa shape index (κ3) is 3.77. The van der Waals surface area contributed by atoms with E-state index < -0.39 is 6.10 Å². The quantitative estimate of drug-likeness (QED) is 0.785. The van der Waals surface area contributed by atoms with Gasteiger partial charge in [-0.15, -0.1) is 0 Å². The number of pyridine rings is 1. The standard InChI is InChI=1S/C22H22N2O2/c25-22(18-8-10-23-11-9-18)19-6-7-21-20(14-19)16-24(12-13-26-21)15-17-4-2-1-3-5-17/h1-11,14,22,25H,12-13,15-16H2. The lowest BCUT2D eigenvalue weighted by Gasteiger charge is -2.20. The minimum absolute atomic E-state index is 0.658. The highest BCUT2D eigenvalue weighted by molar-refractivity contribution is 5.41. The van der Waals surface area contributed by atoms with E-state index in [0.29, 0.717) is 6.61 Å². The first kappa shape index (κ1) is 16.8. The number of ether oxygens (including phenoxy) is 1. The topological polar surface area (TPSA) is 45.6 Å². The molecule has 1 aliphatic rings. The van der Waals surface area contributed by atoms with Gasteiger partial charge in [0.2, 0.25) is 0 Å². The second-order valence-corrected chi connectivity index (χ2v) is 6.59. The Balaban J connectivity index is 1.56. The first-order valence-electron chi connectivity index (χ1n) is 8.89. The largest absolute Gasteiger partial charge is 0.492 e. The van der Waals surface area contributed by atoms with Crippen LogP contribution in [0, 0.1) is 0 Å². The summed E-state index contributed by atoms with van der Waals surface area (Å²) in [4.78, 5) is 6.39. The van der Waals surface area contributed by atoms with Crippen LogP contribution in [0.2, 0.25) is 0 Å². The van der Waals surface area contributed by atoms with Crippen LogP contribution in [0.5, 0.6) is 5.75 Å². The first-order valence-corrected chi connectivity index (χ1v) is 8.89. The van der Waals surface area contributed by atoms with Crippen molar-refractivity contribution in [1.82, 2.24) is 9.88 Å². The molecule has 132 valence electrons. The lowest BCUT2D eigenvalue weighted by Crippen LogP contribution is -2.25. The first-order chi connectivity index (χ1) is 12.8. The van der Waals surface area contributed by atoms with Crippen LogP contribution in [0.4, 0.5) is 0 Å². The Bertz CT molecular complexity index is 853. The SMILES string of the molecule is OC(c1ccncc1)c1ccc2c(c1)CN(Cc1ccccc1)CCO2. The number of rotatable bonds is 4. The van der Waals surface area contributed by atoms with Crippen molar-refractivity contribution in [2.75, 3.05) is 13.2 Å². The average molecular weight is 346 g/mol. The fourth-order valence-corrected chi connectivity index (χ4v) is 3.35. The number of hydrogen-bond acceptors (Lipinski definition) is 4. The van der Waals surface area contributed by atoms with E-state index in [2.05, 4.69) is 40.2 Å². The Hall–Kier alpha value is -2.69. The molecule has 0 radical (unpaired) electrons. The summed E-state index contributed by atoms with van der Waals surface area (Å²) in [6.45, 7) is 3.25. The predicted molar refractivity (Wildman–Crippen MR) is 101 cm³/mol. The summed E-state index contributed by atoms with van der Waals surface area (Å²) in [5, 5.41) is 10.7. The molecule has 2 aromatic carbocycles. The number of benzene rings is 2. The summed E-state index contributed by atoms with van der Waals surface area (Å²) >= 11 is 0. The van der Waals surface area contributed by atoms with Gasteiger partial charge in [-0.3, -0.25) is 9.88 Å². The molecule has 0 aliphatic carbocycles. The molecule has 1 unspecified atom stereocenters. The van der Waals surface area contributed by atoms with Gasteiger partial charge in [0.25, 0.3) is 0 Å². The molecule has 0 amide bonds. The van der Waals surface area contributed by atoms with E-state index in [0.717, 1.165) is 42.1 Å².